The molecule has 0 aliphatic carbocycles. The third-order valence-corrected chi connectivity index (χ3v) is 2.49. The van der Waals surface area contributed by atoms with Crippen molar-refractivity contribution in [3.8, 4) is 0 Å². The maximum Gasteiger partial charge on any atom is 0.152 e. The Hall–Kier alpha value is -1.26. The minimum atomic E-state index is -0.350. The second kappa shape index (κ2) is 3.48. The Kier molecular flexibility index (Phi) is 2.31. The van der Waals surface area contributed by atoms with E-state index in [9.17, 15) is 10.4 Å². The first-order chi connectivity index (χ1) is 6.75. The third-order valence-electron chi connectivity index (χ3n) is 2.49. The Morgan fingerprint density at radius 3 is 2.07 bits per heavy atom. The van der Waals surface area contributed by atoms with Crippen LogP contribution in [0.5, 0.6) is 0 Å². The second-order valence-corrected chi connectivity index (χ2v) is 3.45. The molecule has 2 N–H and O–H groups in total. The summed E-state index contributed by atoms with van der Waals surface area (Å²) in [7, 11) is 0. The van der Waals surface area contributed by atoms with Gasteiger partial charge in [-0.15, -0.1) is 0 Å². The van der Waals surface area contributed by atoms with E-state index in [2.05, 4.69) is 0 Å². The second-order valence-electron chi connectivity index (χ2n) is 3.45. The number of fused-ring (bicyclic) bond motifs is 1. The van der Waals surface area contributed by atoms with Gasteiger partial charge in [-0.05, 0) is 18.6 Å². The Labute approximate surface area is 82.9 Å². The lowest BCUT2D eigenvalue weighted by Crippen LogP contribution is -2.39. The van der Waals surface area contributed by atoms with Gasteiger partial charge in [0.15, 0.2) is 6.17 Å². The molecule has 0 fully saturated rings. The van der Waals surface area contributed by atoms with Crippen molar-refractivity contribution < 1.29 is 10.4 Å². The molecule has 1 aliphatic heterocycles. The highest BCUT2D eigenvalue weighted by Crippen LogP contribution is 2.37. The van der Waals surface area contributed by atoms with Crippen LogP contribution >= 0.6 is 0 Å². The van der Waals surface area contributed by atoms with Crippen LogP contribution in [0.2, 0.25) is 0 Å². The molecule has 0 aromatic heterocycles. The van der Waals surface area contributed by atoms with Crippen molar-refractivity contribution in [2.24, 2.45) is 0 Å². The monoisotopic (exact) mass is 194 g/mol. The van der Waals surface area contributed by atoms with Crippen LogP contribution in [-0.4, -0.2) is 16.6 Å². The SMILES string of the molecule is CCCC1N(O)c2ccccc2N1O. The van der Waals surface area contributed by atoms with E-state index < -0.39 is 0 Å². The zero-order chi connectivity index (χ0) is 10.1. The minimum absolute atomic E-state index is 0.350. The summed E-state index contributed by atoms with van der Waals surface area (Å²) in [4.78, 5) is 0. The van der Waals surface area contributed by atoms with Crippen molar-refractivity contribution in [1.82, 2.24) is 0 Å². The molecule has 0 spiro atoms. The molecule has 0 bridgehead atoms. The molecule has 14 heavy (non-hydrogen) atoms. The lowest BCUT2D eigenvalue weighted by molar-refractivity contribution is 0.146. The van der Waals surface area contributed by atoms with Crippen LogP contribution < -0.4 is 10.1 Å². The maximum absolute atomic E-state index is 9.77. The fourth-order valence-electron chi connectivity index (χ4n) is 1.78. The Morgan fingerprint density at radius 2 is 1.64 bits per heavy atom. The number of nitrogens with zero attached hydrogens (tertiary/aromatic N) is 2. The summed E-state index contributed by atoms with van der Waals surface area (Å²) in [6.45, 7) is 2.02. The van der Waals surface area contributed by atoms with Gasteiger partial charge in [0.25, 0.3) is 0 Å². The molecular weight excluding hydrogens is 180 g/mol. The Morgan fingerprint density at radius 1 is 1.14 bits per heavy atom. The van der Waals surface area contributed by atoms with Crippen molar-refractivity contribution in [3.05, 3.63) is 24.3 Å². The van der Waals surface area contributed by atoms with E-state index in [4.69, 9.17) is 0 Å². The third kappa shape index (κ3) is 1.23. The molecule has 4 heteroatoms. The fraction of sp³-hybridized carbons (Fsp3) is 0.400. The zero-order valence-corrected chi connectivity index (χ0v) is 8.09. The van der Waals surface area contributed by atoms with Crippen molar-refractivity contribution in [2.75, 3.05) is 10.1 Å². The fourth-order valence-corrected chi connectivity index (χ4v) is 1.78. The first kappa shape index (κ1) is 9.30. The summed E-state index contributed by atoms with van der Waals surface area (Å²) in [6.07, 6.45) is 1.28. The average molecular weight is 194 g/mol. The van der Waals surface area contributed by atoms with Crippen LogP contribution in [0.3, 0.4) is 0 Å². The summed E-state index contributed by atoms with van der Waals surface area (Å²) in [5, 5.41) is 21.8. The van der Waals surface area contributed by atoms with Crippen LogP contribution in [0, 0.1) is 0 Å². The predicted molar refractivity (Wildman–Crippen MR) is 53.7 cm³/mol. The first-order valence-electron chi connectivity index (χ1n) is 4.81. The molecule has 0 saturated heterocycles. The molecule has 2 rings (SSSR count). The predicted octanol–water partition coefficient (Wildman–Crippen LogP) is 2.22. The molecule has 0 saturated carbocycles. The molecule has 1 aromatic carbocycles. The normalized spacial score (nSPS) is 16.2. The molecule has 1 heterocycles. The van der Waals surface area contributed by atoms with E-state index in [-0.39, 0.29) is 6.17 Å². The first-order valence-corrected chi connectivity index (χ1v) is 4.81. The average Bonchev–Trinajstić information content (AvgIpc) is 2.45. The summed E-state index contributed by atoms with van der Waals surface area (Å²) < 4.78 is 0. The topological polar surface area (TPSA) is 46.9 Å². The van der Waals surface area contributed by atoms with E-state index in [0.29, 0.717) is 11.4 Å². The van der Waals surface area contributed by atoms with Crippen LogP contribution in [0.4, 0.5) is 11.4 Å². The quantitative estimate of drug-likeness (QED) is 0.757. The van der Waals surface area contributed by atoms with Crippen molar-refractivity contribution in [3.63, 3.8) is 0 Å². The Bertz CT molecular complexity index is 301. The van der Waals surface area contributed by atoms with Gasteiger partial charge in [-0.3, -0.25) is 10.4 Å². The van der Waals surface area contributed by atoms with E-state index >= 15 is 0 Å². The molecule has 76 valence electrons. The number of benzene rings is 1. The highest BCUT2D eigenvalue weighted by Gasteiger charge is 2.33. The van der Waals surface area contributed by atoms with Crippen LogP contribution in [-0.2, 0) is 0 Å². The van der Waals surface area contributed by atoms with Crippen molar-refractivity contribution >= 4 is 11.4 Å². The summed E-state index contributed by atoms with van der Waals surface area (Å²) in [5.41, 5.74) is 1.32. The van der Waals surface area contributed by atoms with Crippen molar-refractivity contribution in [1.29, 1.82) is 0 Å². The maximum atomic E-state index is 9.77. The van der Waals surface area contributed by atoms with Crippen LogP contribution in [0.25, 0.3) is 0 Å². The van der Waals surface area contributed by atoms with E-state index in [1.807, 2.05) is 19.1 Å². The van der Waals surface area contributed by atoms with Gasteiger partial charge in [0.1, 0.15) is 0 Å². The molecule has 0 atom stereocenters. The van der Waals surface area contributed by atoms with E-state index in [1.54, 1.807) is 12.1 Å². The highest BCUT2D eigenvalue weighted by atomic mass is 16.6. The number of hydrogen-bond donors (Lipinski definition) is 2. The largest absolute Gasteiger partial charge is 0.286 e. The summed E-state index contributed by atoms with van der Waals surface area (Å²) >= 11 is 0. The zero-order valence-electron chi connectivity index (χ0n) is 8.09. The van der Waals surface area contributed by atoms with Gasteiger partial charge >= 0.3 is 0 Å². The van der Waals surface area contributed by atoms with Crippen LogP contribution in [0.1, 0.15) is 19.8 Å². The van der Waals surface area contributed by atoms with E-state index in [0.717, 1.165) is 23.0 Å². The molecule has 0 radical (unpaired) electrons. The molecular formula is C10H14N2O2. The number of para-hydroxylation sites is 2. The van der Waals surface area contributed by atoms with Gasteiger partial charge in [-0.1, -0.05) is 25.5 Å². The van der Waals surface area contributed by atoms with Gasteiger partial charge in [0, 0.05) is 0 Å². The molecule has 1 aromatic rings. The highest BCUT2D eigenvalue weighted by molar-refractivity contribution is 5.74. The number of hydroxylamine groups is 2. The number of rotatable bonds is 2. The van der Waals surface area contributed by atoms with E-state index in [1.165, 1.54) is 0 Å². The molecule has 4 nitrogen and oxygen atoms in total. The summed E-state index contributed by atoms with van der Waals surface area (Å²) in [6, 6.07) is 7.25. The number of hydrogen-bond acceptors (Lipinski definition) is 4. The summed E-state index contributed by atoms with van der Waals surface area (Å²) in [5.74, 6) is 0. The van der Waals surface area contributed by atoms with Gasteiger partial charge in [-0.2, -0.15) is 0 Å². The molecule has 1 aliphatic rings. The standard InChI is InChI=1S/C10H14N2O2/c1-2-5-10-11(13)8-6-3-4-7-9(8)12(10)14/h3-4,6-7,10,13-14H,2,5H2,1H3. The molecule has 0 amide bonds. The van der Waals surface area contributed by atoms with Gasteiger partial charge in [-0.25, -0.2) is 10.1 Å². The van der Waals surface area contributed by atoms with Gasteiger partial charge in [0.05, 0.1) is 11.4 Å². The van der Waals surface area contributed by atoms with Crippen LogP contribution in [0.15, 0.2) is 24.3 Å². The van der Waals surface area contributed by atoms with Gasteiger partial charge in [0.2, 0.25) is 0 Å². The smallest absolute Gasteiger partial charge is 0.152 e. The lowest BCUT2D eigenvalue weighted by Gasteiger charge is -2.23. The molecule has 0 unspecified atom stereocenters. The minimum Gasteiger partial charge on any atom is -0.286 e. The number of anilines is 2. The van der Waals surface area contributed by atoms with Gasteiger partial charge < -0.3 is 0 Å². The van der Waals surface area contributed by atoms with Crippen molar-refractivity contribution in [2.45, 2.75) is 25.9 Å². The lowest BCUT2D eigenvalue weighted by atomic mass is 10.3. The Balaban J connectivity index is 2.33.